The van der Waals surface area contributed by atoms with Crippen LogP contribution < -0.4 is 15.0 Å². The van der Waals surface area contributed by atoms with E-state index in [1.165, 1.54) is 12.0 Å². The van der Waals surface area contributed by atoms with Crippen molar-refractivity contribution in [1.82, 2.24) is 9.88 Å². The minimum atomic E-state index is -0.995. The zero-order valence-electron chi connectivity index (χ0n) is 19.6. The van der Waals surface area contributed by atoms with Crippen LogP contribution in [0.4, 0.5) is 5.69 Å². The van der Waals surface area contributed by atoms with Gasteiger partial charge in [-0.25, -0.2) is 9.69 Å². The monoisotopic (exact) mass is 489 g/mol. The molecule has 35 heavy (non-hydrogen) atoms. The SMILES string of the molecule is COc1ccccc1N1C(=O)/C(=C/c2cc(C)n(-c3ccc(C(=O)O)cc3C)c2C)C(=O)NC1=S. The summed E-state index contributed by atoms with van der Waals surface area (Å²) in [4.78, 5) is 38.8. The highest BCUT2D eigenvalue weighted by Crippen LogP contribution is 2.32. The van der Waals surface area contributed by atoms with Crippen molar-refractivity contribution < 1.29 is 24.2 Å². The fourth-order valence-corrected chi connectivity index (χ4v) is 4.46. The molecule has 9 heteroatoms. The zero-order valence-corrected chi connectivity index (χ0v) is 20.4. The Hall–Kier alpha value is -4.24. The maximum Gasteiger partial charge on any atom is 0.335 e. The van der Waals surface area contributed by atoms with E-state index in [1.807, 2.05) is 31.4 Å². The molecule has 0 atom stereocenters. The molecular weight excluding hydrogens is 466 g/mol. The van der Waals surface area contributed by atoms with Gasteiger partial charge in [0.05, 0.1) is 18.4 Å². The van der Waals surface area contributed by atoms with E-state index in [1.54, 1.807) is 48.5 Å². The molecule has 4 rings (SSSR count). The minimum absolute atomic E-state index is 0.0266. The molecule has 1 aliphatic rings. The lowest BCUT2D eigenvalue weighted by Gasteiger charge is -2.29. The van der Waals surface area contributed by atoms with Crippen LogP contribution in [0.5, 0.6) is 5.75 Å². The van der Waals surface area contributed by atoms with Crippen LogP contribution in [0, 0.1) is 20.8 Å². The van der Waals surface area contributed by atoms with Crippen molar-refractivity contribution in [3.8, 4) is 11.4 Å². The highest BCUT2D eigenvalue weighted by atomic mass is 32.1. The Bertz CT molecular complexity index is 1440. The maximum absolute atomic E-state index is 13.4. The Balaban J connectivity index is 1.78. The van der Waals surface area contributed by atoms with Gasteiger partial charge in [0.1, 0.15) is 11.3 Å². The predicted molar refractivity (Wildman–Crippen MR) is 136 cm³/mol. The van der Waals surface area contributed by atoms with E-state index < -0.39 is 17.8 Å². The van der Waals surface area contributed by atoms with Crippen molar-refractivity contribution in [3.05, 3.63) is 82.2 Å². The van der Waals surface area contributed by atoms with E-state index in [0.29, 0.717) is 17.0 Å². The van der Waals surface area contributed by atoms with Crippen molar-refractivity contribution in [2.75, 3.05) is 12.0 Å². The van der Waals surface area contributed by atoms with Gasteiger partial charge in [0.25, 0.3) is 11.8 Å². The lowest BCUT2D eigenvalue weighted by molar-refractivity contribution is -0.122. The van der Waals surface area contributed by atoms with Gasteiger partial charge in [-0.15, -0.1) is 0 Å². The summed E-state index contributed by atoms with van der Waals surface area (Å²) in [5.74, 6) is -1.70. The number of amides is 2. The van der Waals surface area contributed by atoms with Crippen LogP contribution in [0.2, 0.25) is 0 Å². The summed E-state index contributed by atoms with van der Waals surface area (Å²) in [5.41, 5.74) is 4.48. The highest BCUT2D eigenvalue weighted by Gasteiger charge is 2.36. The summed E-state index contributed by atoms with van der Waals surface area (Å²) in [6.45, 7) is 5.61. The number of nitrogens with one attached hydrogen (secondary N) is 1. The van der Waals surface area contributed by atoms with Crippen molar-refractivity contribution in [2.45, 2.75) is 20.8 Å². The molecular formula is C26H23N3O5S. The number of carbonyl (C=O) groups is 3. The van der Waals surface area contributed by atoms with Crippen molar-refractivity contribution in [3.63, 3.8) is 0 Å². The van der Waals surface area contributed by atoms with Crippen molar-refractivity contribution in [1.29, 1.82) is 0 Å². The molecule has 0 bridgehead atoms. The number of carboxylic acid groups (broad SMARTS) is 1. The lowest BCUT2D eigenvalue weighted by Crippen LogP contribution is -2.54. The number of ether oxygens (including phenoxy) is 1. The van der Waals surface area contributed by atoms with Crippen LogP contribution in [0.15, 0.2) is 54.1 Å². The maximum atomic E-state index is 13.4. The number of thiocarbonyl (C=S) groups is 1. The quantitative estimate of drug-likeness (QED) is 0.320. The third-order valence-electron chi connectivity index (χ3n) is 5.88. The first kappa shape index (κ1) is 23.9. The number of nitrogens with zero attached hydrogens (tertiary/aromatic N) is 2. The largest absolute Gasteiger partial charge is 0.495 e. The number of rotatable bonds is 5. The van der Waals surface area contributed by atoms with Gasteiger partial charge in [-0.2, -0.15) is 0 Å². The molecule has 0 saturated carbocycles. The number of aromatic carboxylic acids is 1. The predicted octanol–water partition coefficient (Wildman–Crippen LogP) is 3.94. The fourth-order valence-electron chi connectivity index (χ4n) is 4.19. The average Bonchev–Trinajstić information content (AvgIpc) is 3.09. The van der Waals surface area contributed by atoms with Gasteiger partial charge in [-0.1, -0.05) is 12.1 Å². The van der Waals surface area contributed by atoms with E-state index in [4.69, 9.17) is 17.0 Å². The summed E-state index contributed by atoms with van der Waals surface area (Å²) in [7, 11) is 1.49. The average molecular weight is 490 g/mol. The number of para-hydroxylation sites is 2. The molecule has 1 saturated heterocycles. The second-order valence-electron chi connectivity index (χ2n) is 8.10. The van der Waals surface area contributed by atoms with Crippen LogP contribution in [-0.2, 0) is 9.59 Å². The molecule has 0 radical (unpaired) electrons. The third kappa shape index (κ3) is 4.22. The van der Waals surface area contributed by atoms with E-state index >= 15 is 0 Å². The number of carboxylic acids is 1. The first-order valence-electron chi connectivity index (χ1n) is 10.7. The molecule has 0 spiro atoms. The smallest absolute Gasteiger partial charge is 0.335 e. The second-order valence-corrected chi connectivity index (χ2v) is 8.48. The number of carbonyl (C=O) groups excluding carboxylic acids is 2. The molecule has 2 N–H and O–H groups in total. The van der Waals surface area contributed by atoms with E-state index in [9.17, 15) is 19.5 Å². The number of aromatic nitrogens is 1. The Morgan fingerprint density at radius 2 is 1.77 bits per heavy atom. The number of hydrogen-bond donors (Lipinski definition) is 2. The van der Waals surface area contributed by atoms with Crippen LogP contribution in [0.25, 0.3) is 11.8 Å². The normalized spacial score (nSPS) is 14.9. The number of hydrogen-bond acceptors (Lipinski definition) is 5. The van der Waals surface area contributed by atoms with E-state index in [-0.39, 0.29) is 16.2 Å². The second kappa shape index (κ2) is 9.19. The van der Waals surface area contributed by atoms with E-state index in [0.717, 1.165) is 22.6 Å². The lowest BCUT2D eigenvalue weighted by atomic mass is 10.1. The highest BCUT2D eigenvalue weighted by molar-refractivity contribution is 7.80. The molecule has 0 aliphatic carbocycles. The molecule has 3 aromatic rings. The molecule has 0 unspecified atom stereocenters. The Kier molecular flexibility index (Phi) is 6.27. The first-order valence-corrected chi connectivity index (χ1v) is 11.1. The molecule has 178 valence electrons. The number of aryl methyl sites for hydroxylation is 2. The van der Waals surface area contributed by atoms with Crippen LogP contribution in [0.3, 0.4) is 0 Å². The van der Waals surface area contributed by atoms with Gasteiger partial charge < -0.3 is 14.4 Å². The Labute approximate surface area is 207 Å². The van der Waals surface area contributed by atoms with Gasteiger partial charge in [0.15, 0.2) is 5.11 Å². The molecule has 2 aromatic carbocycles. The van der Waals surface area contributed by atoms with Gasteiger partial charge >= 0.3 is 5.97 Å². The molecule has 1 fully saturated rings. The minimum Gasteiger partial charge on any atom is -0.495 e. The van der Waals surface area contributed by atoms with Gasteiger partial charge in [0.2, 0.25) is 0 Å². The number of anilines is 1. The molecule has 2 amide bonds. The third-order valence-corrected chi connectivity index (χ3v) is 6.17. The summed E-state index contributed by atoms with van der Waals surface area (Å²) < 4.78 is 7.33. The molecule has 1 aromatic heterocycles. The summed E-state index contributed by atoms with van der Waals surface area (Å²) in [6, 6.07) is 13.7. The zero-order chi connectivity index (χ0) is 25.4. The topological polar surface area (TPSA) is 101 Å². The summed E-state index contributed by atoms with van der Waals surface area (Å²) in [6.07, 6.45) is 1.54. The summed E-state index contributed by atoms with van der Waals surface area (Å²) in [5, 5.41) is 11.8. The first-order chi connectivity index (χ1) is 16.6. The van der Waals surface area contributed by atoms with Crippen LogP contribution in [-0.4, -0.2) is 39.7 Å². The van der Waals surface area contributed by atoms with Gasteiger partial charge in [0, 0.05) is 17.1 Å². The fraction of sp³-hybridized carbons (Fsp3) is 0.154. The molecule has 1 aliphatic heterocycles. The van der Waals surface area contributed by atoms with Gasteiger partial charge in [-0.3, -0.25) is 14.9 Å². The number of methoxy groups -OCH3 is 1. The van der Waals surface area contributed by atoms with Gasteiger partial charge in [-0.05, 0) is 86.6 Å². The van der Waals surface area contributed by atoms with Crippen LogP contribution >= 0.6 is 12.2 Å². The standard InChI is InChI=1S/C26H23N3O5S/c1-14-11-17(25(32)33)9-10-20(14)28-15(2)12-18(16(28)3)13-19-23(30)27-26(35)29(24(19)31)21-7-5-6-8-22(21)34-4/h5-13H,1-4H3,(H,32,33)(H,27,30,35)/b19-13+. The van der Waals surface area contributed by atoms with Crippen molar-refractivity contribution >= 4 is 46.9 Å². The molecule has 8 nitrogen and oxygen atoms in total. The molecule has 2 heterocycles. The van der Waals surface area contributed by atoms with E-state index in [2.05, 4.69) is 5.32 Å². The Morgan fingerprint density at radius 3 is 2.43 bits per heavy atom. The number of benzene rings is 2. The van der Waals surface area contributed by atoms with Crippen molar-refractivity contribution in [2.24, 2.45) is 0 Å². The summed E-state index contributed by atoms with van der Waals surface area (Å²) >= 11 is 5.29. The Morgan fingerprint density at radius 1 is 1.06 bits per heavy atom. The van der Waals surface area contributed by atoms with Crippen LogP contribution in [0.1, 0.15) is 32.9 Å².